The predicted octanol–water partition coefficient (Wildman–Crippen LogP) is 1.82. The van der Waals surface area contributed by atoms with Gasteiger partial charge in [-0.3, -0.25) is 0 Å². The van der Waals surface area contributed by atoms with Crippen LogP contribution in [0.2, 0.25) is 0 Å². The van der Waals surface area contributed by atoms with Crippen molar-refractivity contribution >= 4 is 0 Å². The van der Waals surface area contributed by atoms with Crippen LogP contribution in [0.5, 0.6) is 0 Å². The van der Waals surface area contributed by atoms with Crippen LogP contribution in [-0.4, -0.2) is 0 Å². The molecule has 0 spiro atoms. The van der Waals surface area contributed by atoms with E-state index in [0.717, 1.165) is 6.42 Å². The minimum absolute atomic E-state index is 0. The first-order chi connectivity index (χ1) is 2.41. The summed E-state index contributed by atoms with van der Waals surface area (Å²) in [7, 11) is 0. The summed E-state index contributed by atoms with van der Waals surface area (Å²) in [6.07, 6.45) is 5.39. The molecule has 0 aliphatic rings. The Morgan fingerprint density at radius 1 is 1.00 bits per heavy atom. The predicted molar refractivity (Wildman–Crippen MR) is 24.6 cm³/mol. The van der Waals surface area contributed by atoms with Gasteiger partial charge < -0.3 is 19.3 Å². The van der Waals surface area contributed by atoms with E-state index in [1.807, 2.05) is 0 Å². The molecule has 0 atom stereocenters. The van der Waals surface area contributed by atoms with Crippen LogP contribution in [0, 0.1) is 12.8 Å². The van der Waals surface area contributed by atoms with Gasteiger partial charge in [0.05, 0.1) is 0 Å². The molecule has 0 saturated carbocycles. The fraction of sp³-hybridized carbons (Fsp3) is 0.600. The Kier molecular flexibility index (Phi) is 35.5. The van der Waals surface area contributed by atoms with Crippen LogP contribution in [0.3, 0.4) is 0 Å². The molecule has 0 fully saturated rings. The van der Waals surface area contributed by atoms with E-state index in [0.29, 0.717) is 0 Å². The van der Waals surface area contributed by atoms with E-state index in [4.69, 9.17) is 0 Å². The van der Waals surface area contributed by atoms with Crippen LogP contribution in [0.25, 0.3) is 0 Å². The van der Waals surface area contributed by atoms with Crippen LogP contribution < -0.4 is 0 Å². The maximum Gasteiger partial charge on any atom is 0 e. The molecule has 0 radical (unpaired) electrons. The Hall–Kier alpha value is 1.74. The Morgan fingerprint density at radius 2 is 1.29 bits per heavy atom. The van der Waals surface area contributed by atoms with Crippen LogP contribution in [0.15, 0.2) is 0 Å². The molecule has 0 bridgehead atoms. The fourth-order valence-corrected chi connectivity index (χ4v) is 0.236. The minimum Gasteiger partial charge on any atom is -0.360 e. The molecule has 0 aliphatic heterocycles. The molecular weight excluding hydrogens is 417 g/mol. The van der Waals surface area contributed by atoms with E-state index >= 15 is 0 Å². The molecule has 0 nitrogen and oxygen atoms in total. The summed E-state index contributed by atoms with van der Waals surface area (Å²) in [6.45, 7) is 4.11. The third kappa shape index (κ3) is 18.2. The maximum absolute atomic E-state index is 2.12. The quantitative estimate of drug-likeness (QED) is 0.466. The molecule has 2 heteroatoms. The fourth-order valence-electron chi connectivity index (χ4n) is 0.236. The summed E-state index contributed by atoms with van der Waals surface area (Å²) in [5, 5.41) is 0. The van der Waals surface area contributed by atoms with Gasteiger partial charge in [0.15, 0.2) is 0 Å². The van der Waals surface area contributed by atoms with Gasteiger partial charge in [-0.2, -0.15) is 13.8 Å². The number of unbranched alkanes of at least 4 members (excludes halogenated alkanes) is 2. The van der Waals surface area contributed by atoms with Crippen LogP contribution in [0.4, 0.5) is 0 Å². The van der Waals surface area contributed by atoms with Crippen molar-refractivity contribution in [2.45, 2.75) is 20.3 Å². The molecule has 0 aromatic rings. The second-order valence-electron chi connectivity index (χ2n) is 1.05. The van der Waals surface area contributed by atoms with E-state index < -0.39 is 0 Å². The molecule has 0 rings (SSSR count). The van der Waals surface area contributed by atoms with Gasteiger partial charge in [-0.25, -0.2) is 0 Å². The molecule has 40 valence electrons. The summed E-state index contributed by atoms with van der Waals surface area (Å²) in [5.41, 5.74) is 0. The molecule has 0 unspecified atom stereocenters. The van der Waals surface area contributed by atoms with Crippen LogP contribution in [0.1, 0.15) is 20.3 Å². The van der Waals surface area contributed by atoms with Gasteiger partial charge in [0.2, 0.25) is 0 Å². The van der Waals surface area contributed by atoms with Crippen molar-refractivity contribution in [1.29, 1.82) is 0 Å². The summed E-state index contributed by atoms with van der Waals surface area (Å²) in [6, 6.07) is 0. The molecule has 7 heavy (non-hydrogen) atoms. The third-order valence-corrected chi connectivity index (χ3v) is 0.471. The molecule has 0 aromatic carbocycles. The molecule has 0 aliphatic carbocycles. The standard InChI is InChI=1S/C5H10.2Hf/c1-3-5-4-2;;/h3-4H,5H2,1-2H3;;/q-2;;. The van der Waals surface area contributed by atoms with Crippen molar-refractivity contribution in [3.63, 3.8) is 0 Å². The summed E-state index contributed by atoms with van der Waals surface area (Å²) in [5.74, 6) is 0. The number of hydrogen-bond acceptors (Lipinski definition) is 0. The zero-order valence-corrected chi connectivity index (χ0v) is 12.0. The first-order valence-electron chi connectivity index (χ1n) is 1.97. The zero-order chi connectivity index (χ0) is 4.12. The molecule has 0 heterocycles. The van der Waals surface area contributed by atoms with Gasteiger partial charge in [0, 0.05) is 51.7 Å². The zero-order valence-electron chi connectivity index (χ0n) is 4.86. The second kappa shape index (κ2) is 15.6. The SMILES string of the molecule is C[CH-]C[CH-]C.[Hf].[Hf]. The van der Waals surface area contributed by atoms with Gasteiger partial charge in [-0.05, 0) is 0 Å². The smallest absolute Gasteiger partial charge is 0 e. The van der Waals surface area contributed by atoms with Crippen LogP contribution in [-0.2, 0) is 51.7 Å². The van der Waals surface area contributed by atoms with Crippen molar-refractivity contribution in [1.82, 2.24) is 0 Å². The molecule has 0 N–H and O–H groups in total. The molecule has 0 amide bonds. The summed E-state index contributed by atoms with van der Waals surface area (Å²) in [4.78, 5) is 0. The molecule has 0 saturated heterocycles. The maximum atomic E-state index is 2.12. The monoisotopic (exact) mass is 430 g/mol. The van der Waals surface area contributed by atoms with Gasteiger partial charge in [0.25, 0.3) is 0 Å². The van der Waals surface area contributed by atoms with Crippen molar-refractivity contribution in [3.8, 4) is 0 Å². The Balaban J connectivity index is -0.0000000800. The van der Waals surface area contributed by atoms with Gasteiger partial charge in [-0.15, -0.1) is 0 Å². The van der Waals surface area contributed by atoms with E-state index in [2.05, 4.69) is 26.7 Å². The topological polar surface area (TPSA) is 0 Å². The third-order valence-electron chi connectivity index (χ3n) is 0.471. The summed E-state index contributed by atoms with van der Waals surface area (Å²) < 4.78 is 0. The second-order valence-corrected chi connectivity index (χ2v) is 1.05. The Labute approximate surface area is 84.0 Å². The minimum atomic E-state index is 0. The Morgan fingerprint density at radius 3 is 1.29 bits per heavy atom. The van der Waals surface area contributed by atoms with E-state index in [-0.39, 0.29) is 51.7 Å². The van der Waals surface area contributed by atoms with Crippen molar-refractivity contribution < 1.29 is 51.7 Å². The first-order valence-corrected chi connectivity index (χ1v) is 1.97. The average molecular weight is 427 g/mol. The Bertz CT molecular complexity index is 13.6. The van der Waals surface area contributed by atoms with E-state index in [9.17, 15) is 0 Å². The van der Waals surface area contributed by atoms with E-state index in [1.165, 1.54) is 0 Å². The first kappa shape index (κ1) is 15.9. The van der Waals surface area contributed by atoms with Crippen molar-refractivity contribution in [2.75, 3.05) is 0 Å². The largest absolute Gasteiger partial charge is 0.360 e. The van der Waals surface area contributed by atoms with Crippen molar-refractivity contribution in [3.05, 3.63) is 12.8 Å². The average Bonchev–Trinajstić information content (AvgIpc) is 1.41. The normalized spacial score (nSPS) is 6.00. The number of hydrogen-bond donors (Lipinski definition) is 0. The van der Waals surface area contributed by atoms with Crippen molar-refractivity contribution in [2.24, 2.45) is 0 Å². The van der Waals surface area contributed by atoms with Crippen LogP contribution >= 0.6 is 0 Å². The van der Waals surface area contributed by atoms with Gasteiger partial charge in [-0.1, -0.05) is 0 Å². The van der Waals surface area contributed by atoms with Gasteiger partial charge >= 0.3 is 0 Å². The molecule has 0 aromatic heterocycles. The van der Waals surface area contributed by atoms with Gasteiger partial charge in [0.1, 0.15) is 0 Å². The molecular formula is C5H10Hf2-2. The summed E-state index contributed by atoms with van der Waals surface area (Å²) >= 11 is 0. The number of rotatable bonds is 2. The van der Waals surface area contributed by atoms with E-state index in [1.54, 1.807) is 0 Å².